The van der Waals surface area contributed by atoms with Crippen molar-refractivity contribution in [3.63, 3.8) is 0 Å². The maximum atomic E-state index is 13.0. The lowest BCUT2D eigenvalue weighted by molar-refractivity contribution is -0.154. The van der Waals surface area contributed by atoms with E-state index in [1.54, 1.807) is 11.3 Å². The summed E-state index contributed by atoms with van der Waals surface area (Å²) in [5, 5.41) is 2.00. The van der Waals surface area contributed by atoms with Gasteiger partial charge in [0.1, 0.15) is 11.5 Å². The van der Waals surface area contributed by atoms with Gasteiger partial charge in [-0.15, -0.1) is 11.3 Å². The Bertz CT molecular complexity index is 671. The van der Waals surface area contributed by atoms with Gasteiger partial charge in [-0.25, -0.2) is 0 Å². The number of hydrogen-bond donors (Lipinski definition) is 0. The van der Waals surface area contributed by atoms with Gasteiger partial charge in [-0.3, -0.25) is 9.59 Å². The highest BCUT2D eigenvalue weighted by Gasteiger charge is 2.67. The van der Waals surface area contributed by atoms with E-state index < -0.39 is 17.4 Å². The summed E-state index contributed by atoms with van der Waals surface area (Å²) in [6, 6.07) is 4.00. The normalized spacial score (nSPS) is 33.3. The number of hydrogen-bond acceptors (Lipinski definition) is 5. The number of rotatable bonds is 6. The maximum Gasteiger partial charge on any atom is 0.312 e. The zero-order valence-electron chi connectivity index (χ0n) is 13.6. The molecule has 4 rings (SSSR count). The van der Waals surface area contributed by atoms with Gasteiger partial charge in [0.15, 0.2) is 0 Å². The summed E-state index contributed by atoms with van der Waals surface area (Å²) in [5.41, 5.74) is -0.645. The van der Waals surface area contributed by atoms with Crippen LogP contribution < -0.4 is 0 Å². The molecule has 24 heavy (non-hydrogen) atoms. The zero-order chi connectivity index (χ0) is 16.7. The number of fused-ring (bicyclic) bond motifs is 1. The molecule has 1 amide bonds. The average molecular weight is 347 g/mol. The van der Waals surface area contributed by atoms with E-state index in [0.29, 0.717) is 19.7 Å². The summed E-state index contributed by atoms with van der Waals surface area (Å²) < 4.78 is 11.5. The molecule has 2 saturated heterocycles. The van der Waals surface area contributed by atoms with E-state index in [9.17, 15) is 9.59 Å². The number of esters is 1. The number of thiophene rings is 1. The van der Waals surface area contributed by atoms with Crippen LogP contribution in [0.25, 0.3) is 0 Å². The van der Waals surface area contributed by atoms with Crippen LogP contribution in [0.1, 0.15) is 24.6 Å². The molecule has 128 valence electrons. The van der Waals surface area contributed by atoms with Crippen molar-refractivity contribution in [2.45, 2.75) is 38.0 Å². The van der Waals surface area contributed by atoms with Gasteiger partial charge in [0.05, 0.1) is 31.7 Å². The van der Waals surface area contributed by atoms with Gasteiger partial charge in [-0.2, -0.15) is 0 Å². The Balaban J connectivity index is 1.52. The highest BCUT2D eigenvalue weighted by molar-refractivity contribution is 7.09. The van der Waals surface area contributed by atoms with Gasteiger partial charge in [0, 0.05) is 4.88 Å². The van der Waals surface area contributed by atoms with Crippen LogP contribution in [0.3, 0.4) is 0 Å². The molecule has 0 N–H and O–H groups in total. The second-order valence-corrected chi connectivity index (χ2v) is 7.73. The zero-order valence-corrected chi connectivity index (χ0v) is 14.5. The van der Waals surface area contributed by atoms with E-state index in [2.05, 4.69) is 6.92 Å². The van der Waals surface area contributed by atoms with Crippen molar-refractivity contribution in [1.29, 1.82) is 0 Å². The van der Waals surface area contributed by atoms with Crippen LogP contribution in [0.4, 0.5) is 0 Å². The Morgan fingerprint density at radius 2 is 2.42 bits per heavy atom. The predicted molar refractivity (Wildman–Crippen MR) is 89.3 cm³/mol. The minimum Gasteiger partial charge on any atom is -0.465 e. The van der Waals surface area contributed by atoms with Gasteiger partial charge in [0.25, 0.3) is 0 Å². The van der Waals surface area contributed by atoms with Crippen LogP contribution in [-0.2, 0) is 25.6 Å². The number of carbonyl (C=O) groups excluding carboxylic acids is 2. The average Bonchev–Trinajstić information content (AvgIpc) is 3.31. The molecule has 1 spiro atoms. The van der Waals surface area contributed by atoms with Gasteiger partial charge >= 0.3 is 5.97 Å². The van der Waals surface area contributed by atoms with Crippen molar-refractivity contribution in [1.82, 2.24) is 4.90 Å². The van der Waals surface area contributed by atoms with Crippen molar-refractivity contribution in [2.24, 2.45) is 11.8 Å². The van der Waals surface area contributed by atoms with Crippen LogP contribution in [0.2, 0.25) is 0 Å². The Kier molecular flexibility index (Phi) is 3.96. The molecule has 3 aliphatic rings. The molecule has 0 aromatic carbocycles. The fourth-order valence-electron chi connectivity index (χ4n) is 3.99. The number of carbonyl (C=O) groups is 2. The van der Waals surface area contributed by atoms with Crippen molar-refractivity contribution in [3.8, 4) is 0 Å². The first-order valence-corrected chi connectivity index (χ1v) is 9.37. The summed E-state index contributed by atoms with van der Waals surface area (Å²) in [6.07, 6.45) is 5.39. The minimum atomic E-state index is -0.645. The second kappa shape index (κ2) is 6.01. The van der Waals surface area contributed by atoms with E-state index >= 15 is 0 Å². The maximum absolute atomic E-state index is 13.0. The first-order valence-electron chi connectivity index (χ1n) is 8.49. The lowest BCUT2D eigenvalue weighted by Gasteiger charge is -2.22. The number of unbranched alkanes of at least 4 members (excludes halogenated alkanes) is 1. The fraction of sp³-hybridized carbons (Fsp3) is 0.556. The van der Waals surface area contributed by atoms with E-state index in [1.807, 2.05) is 34.6 Å². The topological polar surface area (TPSA) is 55.8 Å². The van der Waals surface area contributed by atoms with E-state index in [0.717, 1.165) is 17.7 Å². The molecule has 4 atom stereocenters. The van der Waals surface area contributed by atoms with Crippen molar-refractivity contribution in [2.75, 3.05) is 13.2 Å². The largest absolute Gasteiger partial charge is 0.465 e. The van der Waals surface area contributed by atoms with Crippen LogP contribution in [-0.4, -0.2) is 41.6 Å². The number of amides is 1. The summed E-state index contributed by atoms with van der Waals surface area (Å²) in [7, 11) is 0. The molecule has 5 nitrogen and oxygen atoms in total. The SMILES string of the molecule is CCCCOC(=O)[C@@H]1[C@H]2C(=O)N(Cc3cccs3)C[C@@]23C=C[C@H]1O3. The monoisotopic (exact) mass is 347 g/mol. The van der Waals surface area contributed by atoms with Gasteiger partial charge in [-0.05, 0) is 17.9 Å². The standard InChI is InChI=1S/C18H21NO4S/c1-2-3-8-22-17(21)14-13-6-7-18(23-13)11-19(16(20)15(14)18)10-12-5-4-9-24-12/h4-7,9,13-15H,2-3,8,10-11H2,1H3/t13-,14+,15+,18+/m1/s1. The molecule has 2 fully saturated rings. The second-order valence-electron chi connectivity index (χ2n) is 6.69. The Morgan fingerprint density at radius 1 is 1.54 bits per heavy atom. The number of ether oxygens (including phenoxy) is 2. The Morgan fingerprint density at radius 3 is 3.17 bits per heavy atom. The summed E-state index contributed by atoms with van der Waals surface area (Å²) in [4.78, 5) is 28.4. The highest BCUT2D eigenvalue weighted by Crippen LogP contribution is 2.52. The highest BCUT2D eigenvalue weighted by atomic mass is 32.1. The molecule has 0 aliphatic carbocycles. The summed E-state index contributed by atoms with van der Waals surface area (Å²) >= 11 is 1.63. The quantitative estimate of drug-likeness (QED) is 0.450. The molecule has 4 heterocycles. The van der Waals surface area contributed by atoms with Crippen molar-refractivity contribution < 1.29 is 19.1 Å². The lowest BCUT2D eigenvalue weighted by atomic mass is 9.77. The van der Waals surface area contributed by atoms with Gasteiger partial charge in [-0.1, -0.05) is 31.6 Å². The van der Waals surface area contributed by atoms with Crippen LogP contribution in [0, 0.1) is 11.8 Å². The predicted octanol–water partition coefficient (Wildman–Crippen LogP) is 2.37. The molecule has 0 saturated carbocycles. The third kappa shape index (κ3) is 2.40. The van der Waals surface area contributed by atoms with Gasteiger partial charge < -0.3 is 14.4 Å². The minimum absolute atomic E-state index is 0.00712. The molecule has 1 aromatic rings. The molecule has 0 radical (unpaired) electrons. The van der Waals surface area contributed by atoms with Crippen LogP contribution in [0.15, 0.2) is 29.7 Å². The Labute approximate surface area is 145 Å². The third-order valence-electron chi connectivity index (χ3n) is 5.12. The van der Waals surface area contributed by atoms with Crippen LogP contribution in [0.5, 0.6) is 0 Å². The first-order chi connectivity index (χ1) is 11.6. The lowest BCUT2D eigenvalue weighted by Crippen LogP contribution is -2.40. The van der Waals surface area contributed by atoms with E-state index in [4.69, 9.17) is 9.47 Å². The molecular weight excluding hydrogens is 326 g/mol. The molecular formula is C18H21NO4S. The molecule has 1 aromatic heterocycles. The Hall–Kier alpha value is -1.66. The van der Waals surface area contributed by atoms with E-state index in [-0.39, 0.29) is 18.0 Å². The van der Waals surface area contributed by atoms with Crippen LogP contribution >= 0.6 is 11.3 Å². The molecule has 3 aliphatic heterocycles. The number of nitrogens with zero attached hydrogens (tertiary/aromatic N) is 1. The third-order valence-corrected chi connectivity index (χ3v) is 5.98. The molecule has 0 unspecified atom stereocenters. The molecule has 6 heteroatoms. The fourth-order valence-corrected chi connectivity index (χ4v) is 4.70. The molecule has 2 bridgehead atoms. The smallest absolute Gasteiger partial charge is 0.312 e. The van der Waals surface area contributed by atoms with E-state index in [1.165, 1.54) is 0 Å². The van der Waals surface area contributed by atoms with Crippen molar-refractivity contribution in [3.05, 3.63) is 34.5 Å². The van der Waals surface area contributed by atoms with Crippen molar-refractivity contribution >= 4 is 23.2 Å². The number of likely N-dealkylation sites (tertiary alicyclic amines) is 1. The summed E-state index contributed by atoms with van der Waals surface area (Å²) in [6.45, 7) is 3.55. The van der Waals surface area contributed by atoms with Gasteiger partial charge in [0.2, 0.25) is 5.91 Å². The summed E-state index contributed by atoms with van der Waals surface area (Å²) in [5.74, 6) is -1.24. The first kappa shape index (κ1) is 15.8.